The van der Waals surface area contributed by atoms with Gasteiger partial charge in [-0.3, -0.25) is 0 Å². The van der Waals surface area contributed by atoms with Gasteiger partial charge in [-0.1, -0.05) is 0 Å². The van der Waals surface area contributed by atoms with E-state index >= 15 is 0 Å². The third kappa shape index (κ3) is 2.81. The van der Waals surface area contributed by atoms with Gasteiger partial charge in [0.05, 0.1) is 24.8 Å². The lowest BCUT2D eigenvalue weighted by Crippen LogP contribution is -2.26. The van der Waals surface area contributed by atoms with Gasteiger partial charge in [-0.2, -0.15) is 0 Å². The molecular weight excluding hydrogens is 244 g/mol. The predicted molar refractivity (Wildman–Crippen MR) is 74.4 cm³/mol. The minimum absolute atomic E-state index is 0.166. The minimum atomic E-state index is -0.417. The van der Waals surface area contributed by atoms with E-state index in [2.05, 4.69) is 5.32 Å². The van der Waals surface area contributed by atoms with Crippen LogP contribution in [0, 0.1) is 6.92 Å². The van der Waals surface area contributed by atoms with E-state index in [1.807, 2.05) is 19.9 Å². The topological polar surface area (TPSA) is 73.6 Å². The van der Waals surface area contributed by atoms with E-state index in [0.717, 1.165) is 24.3 Å². The van der Waals surface area contributed by atoms with Gasteiger partial charge in [-0.05, 0) is 38.0 Å². The molecule has 0 bridgehead atoms. The average Bonchev–Trinajstić information content (AvgIpc) is 2.78. The smallest absolute Gasteiger partial charge is 0.340 e. The number of ether oxygens (including phenoxy) is 2. The normalized spacial score (nSPS) is 22.3. The number of nitrogens with one attached hydrogen (secondary N) is 1. The molecule has 2 atom stereocenters. The number of benzene rings is 1. The van der Waals surface area contributed by atoms with Crippen molar-refractivity contribution in [3.8, 4) is 0 Å². The first-order valence-electron chi connectivity index (χ1n) is 6.39. The van der Waals surface area contributed by atoms with E-state index in [0.29, 0.717) is 11.3 Å². The summed E-state index contributed by atoms with van der Waals surface area (Å²) in [6.07, 6.45) is 1.12. The van der Waals surface area contributed by atoms with Crippen LogP contribution in [0.25, 0.3) is 0 Å². The van der Waals surface area contributed by atoms with Crippen molar-refractivity contribution in [2.45, 2.75) is 32.4 Å². The van der Waals surface area contributed by atoms with Gasteiger partial charge in [-0.15, -0.1) is 0 Å². The van der Waals surface area contributed by atoms with Gasteiger partial charge in [0, 0.05) is 18.0 Å². The highest BCUT2D eigenvalue weighted by atomic mass is 16.5. The van der Waals surface area contributed by atoms with E-state index in [9.17, 15) is 4.79 Å². The summed E-state index contributed by atoms with van der Waals surface area (Å²) in [5.41, 5.74) is 8.50. The van der Waals surface area contributed by atoms with Crippen LogP contribution in [-0.4, -0.2) is 31.8 Å². The number of nitrogen functional groups attached to an aromatic ring is 1. The molecule has 1 aromatic carbocycles. The summed E-state index contributed by atoms with van der Waals surface area (Å²) >= 11 is 0. The predicted octanol–water partition coefficient (Wildman–Crippen LogP) is 1.95. The van der Waals surface area contributed by atoms with Gasteiger partial charge in [0.15, 0.2) is 0 Å². The molecule has 1 aromatic rings. The second kappa shape index (κ2) is 5.48. The minimum Gasteiger partial charge on any atom is -0.465 e. The van der Waals surface area contributed by atoms with Crippen molar-refractivity contribution in [3.63, 3.8) is 0 Å². The molecule has 2 rings (SSSR count). The zero-order valence-corrected chi connectivity index (χ0v) is 11.5. The van der Waals surface area contributed by atoms with Crippen LogP contribution in [0.5, 0.6) is 0 Å². The first-order valence-corrected chi connectivity index (χ1v) is 6.39. The molecule has 3 N–H and O–H groups in total. The molecule has 0 saturated carbocycles. The van der Waals surface area contributed by atoms with Crippen molar-refractivity contribution in [1.82, 2.24) is 0 Å². The van der Waals surface area contributed by atoms with Crippen LogP contribution >= 0.6 is 0 Å². The number of esters is 1. The summed E-state index contributed by atoms with van der Waals surface area (Å²) in [6.45, 7) is 4.67. The molecule has 5 nitrogen and oxygen atoms in total. The number of aryl methyl sites for hydroxylation is 1. The Hall–Kier alpha value is -1.75. The number of hydrogen-bond donors (Lipinski definition) is 2. The zero-order valence-electron chi connectivity index (χ0n) is 11.5. The van der Waals surface area contributed by atoms with E-state index in [4.69, 9.17) is 15.2 Å². The standard InChI is InChI=1S/C14H20N2O3/c1-8-6-10(16-12-4-5-19-9(12)2)7-11(13(8)15)14(17)18-3/h6-7,9,12,16H,4-5,15H2,1-3H3. The third-order valence-electron chi connectivity index (χ3n) is 3.52. The molecular formula is C14H20N2O3. The Kier molecular flexibility index (Phi) is 3.95. The Balaban J connectivity index is 2.26. The van der Waals surface area contributed by atoms with Crippen molar-refractivity contribution >= 4 is 17.3 Å². The van der Waals surface area contributed by atoms with Crippen LogP contribution in [0.4, 0.5) is 11.4 Å². The SMILES string of the molecule is COC(=O)c1cc(NC2CCOC2C)cc(C)c1N. The Morgan fingerprint density at radius 2 is 2.26 bits per heavy atom. The molecule has 0 aromatic heterocycles. The van der Waals surface area contributed by atoms with Crippen LogP contribution in [-0.2, 0) is 9.47 Å². The Labute approximate surface area is 113 Å². The van der Waals surface area contributed by atoms with Gasteiger partial charge in [0.25, 0.3) is 0 Å². The average molecular weight is 264 g/mol. The molecule has 1 aliphatic heterocycles. The number of hydrogen-bond acceptors (Lipinski definition) is 5. The molecule has 0 aliphatic carbocycles. The molecule has 1 aliphatic rings. The number of carbonyl (C=O) groups excluding carboxylic acids is 1. The van der Waals surface area contributed by atoms with Crippen LogP contribution < -0.4 is 11.1 Å². The van der Waals surface area contributed by atoms with E-state index in [1.165, 1.54) is 7.11 Å². The van der Waals surface area contributed by atoms with Crippen molar-refractivity contribution in [2.24, 2.45) is 0 Å². The quantitative estimate of drug-likeness (QED) is 0.645. The van der Waals surface area contributed by atoms with Crippen LogP contribution in [0.2, 0.25) is 0 Å². The monoisotopic (exact) mass is 264 g/mol. The van der Waals surface area contributed by atoms with E-state index < -0.39 is 5.97 Å². The Bertz CT molecular complexity index is 488. The molecule has 104 valence electrons. The molecule has 19 heavy (non-hydrogen) atoms. The molecule has 1 heterocycles. The van der Waals surface area contributed by atoms with Crippen LogP contribution in [0.1, 0.15) is 29.3 Å². The molecule has 5 heteroatoms. The fraction of sp³-hybridized carbons (Fsp3) is 0.500. The van der Waals surface area contributed by atoms with Gasteiger partial charge >= 0.3 is 5.97 Å². The largest absolute Gasteiger partial charge is 0.465 e. The Morgan fingerprint density at radius 3 is 2.84 bits per heavy atom. The number of methoxy groups -OCH3 is 1. The zero-order chi connectivity index (χ0) is 14.0. The van der Waals surface area contributed by atoms with Crippen LogP contribution in [0.3, 0.4) is 0 Å². The van der Waals surface area contributed by atoms with Gasteiger partial charge in [0.2, 0.25) is 0 Å². The van der Waals surface area contributed by atoms with Crippen LogP contribution in [0.15, 0.2) is 12.1 Å². The summed E-state index contributed by atoms with van der Waals surface area (Å²) in [5, 5.41) is 3.39. The fourth-order valence-corrected chi connectivity index (χ4v) is 2.30. The van der Waals surface area contributed by atoms with Crippen molar-refractivity contribution < 1.29 is 14.3 Å². The highest BCUT2D eigenvalue weighted by Crippen LogP contribution is 2.26. The number of nitrogens with two attached hydrogens (primary N) is 1. The summed E-state index contributed by atoms with van der Waals surface area (Å²) in [5.74, 6) is -0.417. The summed E-state index contributed by atoms with van der Waals surface area (Å²) in [4.78, 5) is 11.7. The Morgan fingerprint density at radius 1 is 1.53 bits per heavy atom. The number of anilines is 2. The molecule has 0 radical (unpaired) electrons. The first-order chi connectivity index (χ1) is 9.02. The van der Waals surface area contributed by atoms with E-state index in [-0.39, 0.29) is 12.1 Å². The van der Waals surface area contributed by atoms with Crippen molar-refractivity contribution in [3.05, 3.63) is 23.3 Å². The second-order valence-corrected chi connectivity index (χ2v) is 4.86. The van der Waals surface area contributed by atoms with Gasteiger partial charge < -0.3 is 20.5 Å². The summed E-state index contributed by atoms with van der Waals surface area (Å²) < 4.78 is 10.3. The fourth-order valence-electron chi connectivity index (χ4n) is 2.30. The van der Waals surface area contributed by atoms with Crippen molar-refractivity contribution in [2.75, 3.05) is 24.8 Å². The number of carbonyl (C=O) groups is 1. The van der Waals surface area contributed by atoms with Crippen molar-refractivity contribution in [1.29, 1.82) is 0 Å². The highest BCUT2D eigenvalue weighted by Gasteiger charge is 2.24. The number of rotatable bonds is 3. The molecule has 0 amide bonds. The maximum Gasteiger partial charge on any atom is 0.340 e. The molecule has 1 fully saturated rings. The van der Waals surface area contributed by atoms with Gasteiger partial charge in [0.1, 0.15) is 0 Å². The highest BCUT2D eigenvalue weighted by molar-refractivity contribution is 5.97. The second-order valence-electron chi connectivity index (χ2n) is 4.86. The lowest BCUT2D eigenvalue weighted by molar-refractivity contribution is 0.0602. The maximum atomic E-state index is 11.7. The maximum absolute atomic E-state index is 11.7. The molecule has 2 unspecified atom stereocenters. The van der Waals surface area contributed by atoms with Gasteiger partial charge in [-0.25, -0.2) is 4.79 Å². The summed E-state index contributed by atoms with van der Waals surface area (Å²) in [7, 11) is 1.35. The first kappa shape index (κ1) is 13.7. The lowest BCUT2D eigenvalue weighted by Gasteiger charge is -2.19. The third-order valence-corrected chi connectivity index (χ3v) is 3.52. The molecule has 0 spiro atoms. The molecule has 1 saturated heterocycles. The lowest BCUT2D eigenvalue weighted by atomic mass is 10.1. The van der Waals surface area contributed by atoms with E-state index in [1.54, 1.807) is 6.07 Å². The summed E-state index contributed by atoms with van der Waals surface area (Å²) in [6, 6.07) is 3.93.